The van der Waals surface area contributed by atoms with Crippen LogP contribution in [-0.4, -0.2) is 22.1 Å². The number of anilines is 1. The Morgan fingerprint density at radius 2 is 2.33 bits per heavy atom. The number of nitrogens with two attached hydrogens (primary N) is 1. The first-order valence-corrected chi connectivity index (χ1v) is 6.93. The van der Waals surface area contributed by atoms with Gasteiger partial charge in [-0.1, -0.05) is 37.3 Å². The van der Waals surface area contributed by atoms with Crippen LogP contribution in [-0.2, 0) is 11.2 Å². The van der Waals surface area contributed by atoms with E-state index in [1.54, 1.807) is 0 Å². The molecular weight excluding hydrogens is 248 g/mol. The number of aromatic nitrogens is 2. The third-order valence-corrected chi connectivity index (χ3v) is 3.59. The second-order valence-electron chi connectivity index (χ2n) is 4.98. The lowest BCUT2D eigenvalue weighted by Crippen LogP contribution is -2.23. The van der Waals surface area contributed by atoms with Gasteiger partial charge in [-0.05, 0) is 12.3 Å². The largest absolute Gasteiger partial charge is 0.324 e. The third kappa shape index (κ3) is 3.36. The average Bonchev–Trinajstić information content (AvgIpc) is 2.87. The predicted molar refractivity (Wildman–Crippen MR) is 72.3 cm³/mol. The molecule has 0 fully saturated rings. The summed E-state index contributed by atoms with van der Waals surface area (Å²) in [6.07, 6.45) is 5.29. The fraction of sp³-hybridized carbons (Fsp3) is 0.583. The minimum Gasteiger partial charge on any atom is -0.324 e. The molecule has 0 radical (unpaired) electrons. The summed E-state index contributed by atoms with van der Waals surface area (Å²) in [7, 11) is 0. The van der Waals surface area contributed by atoms with Crippen LogP contribution in [0.5, 0.6) is 0 Å². The average molecular weight is 266 g/mol. The molecule has 6 heteroatoms. The van der Waals surface area contributed by atoms with Gasteiger partial charge in [0.1, 0.15) is 5.01 Å². The Labute approximate surface area is 110 Å². The Bertz CT molecular complexity index is 455. The summed E-state index contributed by atoms with van der Waals surface area (Å²) in [6.45, 7) is 4.26. The summed E-state index contributed by atoms with van der Waals surface area (Å²) in [5.41, 5.74) is 5.72. The number of hydrogen-bond acceptors (Lipinski definition) is 5. The molecule has 2 unspecified atom stereocenters. The van der Waals surface area contributed by atoms with Crippen molar-refractivity contribution in [3.05, 3.63) is 17.2 Å². The Hall–Kier alpha value is -1.27. The zero-order valence-corrected chi connectivity index (χ0v) is 11.4. The van der Waals surface area contributed by atoms with Crippen LogP contribution in [0.3, 0.4) is 0 Å². The predicted octanol–water partition coefficient (Wildman–Crippen LogP) is 1.58. The molecule has 98 valence electrons. The van der Waals surface area contributed by atoms with Crippen molar-refractivity contribution < 1.29 is 4.79 Å². The van der Waals surface area contributed by atoms with Crippen molar-refractivity contribution in [3.63, 3.8) is 0 Å². The number of hydrogen-bond donors (Lipinski definition) is 2. The maximum absolute atomic E-state index is 11.9. The van der Waals surface area contributed by atoms with Gasteiger partial charge in [-0.25, -0.2) is 0 Å². The third-order valence-electron chi connectivity index (χ3n) is 2.73. The van der Waals surface area contributed by atoms with Crippen molar-refractivity contribution in [2.75, 3.05) is 5.32 Å². The quantitative estimate of drug-likeness (QED) is 0.811. The van der Waals surface area contributed by atoms with Crippen LogP contribution in [0.25, 0.3) is 0 Å². The van der Waals surface area contributed by atoms with Gasteiger partial charge in [-0.3, -0.25) is 4.79 Å². The van der Waals surface area contributed by atoms with Crippen molar-refractivity contribution >= 4 is 22.4 Å². The summed E-state index contributed by atoms with van der Waals surface area (Å²) < 4.78 is 0. The second kappa shape index (κ2) is 5.58. The standard InChI is InChI=1S/C12H18N4OS/c1-7(2)5-10-15-16-12(18-10)14-11(17)8-3-4-9(13)6-8/h3-4,7-9H,5-6,13H2,1-2H3,(H,14,16,17). The number of nitrogens with one attached hydrogen (secondary N) is 1. The maximum Gasteiger partial charge on any atom is 0.233 e. The molecule has 1 heterocycles. The monoisotopic (exact) mass is 266 g/mol. The molecule has 1 amide bonds. The molecule has 0 aromatic carbocycles. The van der Waals surface area contributed by atoms with Gasteiger partial charge in [0.15, 0.2) is 0 Å². The molecule has 5 nitrogen and oxygen atoms in total. The van der Waals surface area contributed by atoms with Crippen LogP contribution >= 0.6 is 11.3 Å². The van der Waals surface area contributed by atoms with E-state index in [1.807, 2.05) is 12.2 Å². The maximum atomic E-state index is 11.9. The molecule has 1 aliphatic rings. The normalized spacial score (nSPS) is 22.7. The fourth-order valence-electron chi connectivity index (χ4n) is 1.86. The minimum absolute atomic E-state index is 0.00771. The van der Waals surface area contributed by atoms with E-state index >= 15 is 0 Å². The van der Waals surface area contributed by atoms with Crippen molar-refractivity contribution in [2.45, 2.75) is 32.7 Å². The highest BCUT2D eigenvalue weighted by Crippen LogP contribution is 2.22. The molecule has 2 atom stereocenters. The van der Waals surface area contributed by atoms with Gasteiger partial charge in [-0.2, -0.15) is 0 Å². The highest BCUT2D eigenvalue weighted by Gasteiger charge is 2.23. The molecule has 0 spiro atoms. The highest BCUT2D eigenvalue weighted by molar-refractivity contribution is 7.15. The first kappa shape index (κ1) is 13.2. The van der Waals surface area contributed by atoms with Crippen LogP contribution in [0.4, 0.5) is 5.13 Å². The van der Waals surface area contributed by atoms with Gasteiger partial charge in [0.2, 0.25) is 11.0 Å². The van der Waals surface area contributed by atoms with Gasteiger partial charge in [0.05, 0.1) is 5.92 Å². The van der Waals surface area contributed by atoms with E-state index in [2.05, 4.69) is 29.4 Å². The number of rotatable bonds is 4. The molecular formula is C12H18N4OS. The summed E-state index contributed by atoms with van der Waals surface area (Å²) in [5, 5.41) is 12.4. The zero-order chi connectivity index (χ0) is 13.1. The van der Waals surface area contributed by atoms with Crippen LogP contribution < -0.4 is 11.1 Å². The van der Waals surface area contributed by atoms with Crippen LogP contribution in [0.2, 0.25) is 0 Å². The highest BCUT2D eigenvalue weighted by atomic mass is 32.1. The Morgan fingerprint density at radius 3 is 2.94 bits per heavy atom. The first-order chi connectivity index (χ1) is 8.54. The zero-order valence-electron chi connectivity index (χ0n) is 10.6. The van der Waals surface area contributed by atoms with Crippen LogP contribution in [0.15, 0.2) is 12.2 Å². The van der Waals surface area contributed by atoms with E-state index in [0.717, 1.165) is 11.4 Å². The van der Waals surface area contributed by atoms with E-state index in [4.69, 9.17) is 5.73 Å². The smallest absolute Gasteiger partial charge is 0.233 e. The van der Waals surface area contributed by atoms with E-state index in [0.29, 0.717) is 17.5 Å². The minimum atomic E-state index is -0.141. The topological polar surface area (TPSA) is 80.9 Å². The van der Waals surface area contributed by atoms with Gasteiger partial charge in [0.25, 0.3) is 0 Å². The molecule has 0 bridgehead atoms. The van der Waals surface area contributed by atoms with E-state index in [1.165, 1.54) is 11.3 Å². The van der Waals surface area contributed by atoms with Crippen molar-refractivity contribution in [2.24, 2.45) is 17.6 Å². The van der Waals surface area contributed by atoms with Gasteiger partial charge >= 0.3 is 0 Å². The van der Waals surface area contributed by atoms with E-state index < -0.39 is 0 Å². The molecule has 2 rings (SSSR count). The number of carbonyl (C=O) groups excluding carboxylic acids is 1. The Balaban J connectivity index is 1.91. The van der Waals surface area contributed by atoms with E-state index in [9.17, 15) is 4.79 Å². The van der Waals surface area contributed by atoms with Crippen molar-refractivity contribution in [1.82, 2.24) is 10.2 Å². The molecule has 0 aliphatic heterocycles. The lowest BCUT2D eigenvalue weighted by Gasteiger charge is -2.07. The lowest BCUT2D eigenvalue weighted by atomic mass is 10.1. The molecule has 1 aromatic rings. The summed E-state index contributed by atoms with van der Waals surface area (Å²) in [4.78, 5) is 11.9. The fourth-order valence-corrected chi connectivity index (χ4v) is 2.81. The van der Waals surface area contributed by atoms with Crippen molar-refractivity contribution in [1.29, 1.82) is 0 Å². The molecule has 1 aliphatic carbocycles. The van der Waals surface area contributed by atoms with Crippen LogP contribution in [0.1, 0.15) is 25.3 Å². The Morgan fingerprint density at radius 1 is 1.56 bits per heavy atom. The molecule has 18 heavy (non-hydrogen) atoms. The number of nitrogens with zero attached hydrogens (tertiary/aromatic N) is 2. The van der Waals surface area contributed by atoms with Gasteiger partial charge < -0.3 is 11.1 Å². The second-order valence-corrected chi connectivity index (χ2v) is 6.04. The molecule has 1 aromatic heterocycles. The summed E-state index contributed by atoms with van der Waals surface area (Å²) >= 11 is 1.44. The summed E-state index contributed by atoms with van der Waals surface area (Å²) in [6, 6.07) is -0.00771. The van der Waals surface area contributed by atoms with Crippen LogP contribution in [0, 0.1) is 11.8 Å². The molecule has 0 saturated heterocycles. The molecule has 3 N–H and O–H groups in total. The lowest BCUT2D eigenvalue weighted by molar-refractivity contribution is -0.118. The van der Waals surface area contributed by atoms with E-state index in [-0.39, 0.29) is 17.9 Å². The SMILES string of the molecule is CC(C)Cc1nnc(NC(=O)C2C=CC(N)C2)s1. The number of carbonyl (C=O) groups is 1. The number of amides is 1. The first-order valence-electron chi connectivity index (χ1n) is 6.11. The molecule has 0 saturated carbocycles. The summed E-state index contributed by atoms with van der Waals surface area (Å²) in [5.74, 6) is 0.348. The van der Waals surface area contributed by atoms with Crippen molar-refractivity contribution in [3.8, 4) is 0 Å². The van der Waals surface area contributed by atoms with Gasteiger partial charge in [0, 0.05) is 12.5 Å². The van der Waals surface area contributed by atoms with Gasteiger partial charge in [-0.15, -0.1) is 10.2 Å². The Kier molecular flexibility index (Phi) is 4.08.